The zero-order chi connectivity index (χ0) is 23.0. The molecule has 0 radical (unpaired) electrons. The normalized spacial score (nSPS) is 20.0. The number of hydrogen-bond donors (Lipinski definition) is 0. The number of anilines is 1. The van der Waals surface area contributed by atoms with Gasteiger partial charge in [-0.3, -0.25) is 4.79 Å². The van der Waals surface area contributed by atoms with E-state index in [9.17, 15) is 13.2 Å². The van der Waals surface area contributed by atoms with Gasteiger partial charge in [-0.1, -0.05) is 23.5 Å². The Kier molecular flexibility index (Phi) is 6.30. The summed E-state index contributed by atoms with van der Waals surface area (Å²) < 4.78 is 34.5. The highest BCUT2D eigenvalue weighted by Crippen LogP contribution is 2.35. The van der Waals surface area contributed by atoms with Gasteiger partial charge in [-0.15, -0.1) is 11.3 Å². The molecule has 8 nitrogen and oxygen atoms in total. The third kappa shape index (κ3) is 4.23. The van der Waals surface area contributed by atoms with Gasteiger partial charge in [0.15, 0.2) is 5.13 Å². The van der Waals surface area contributed by atoms with Crippen LogP contribution in [0.5, 0.6) is 5.75 Å². The van der Waals surface area contributed by atoms with Gasteiger partial charge in [-0.05, 0) is 43.3 Å². The second-order valence-electron chi connectivity index (χ2n) is 8.05. The number of ether oxygens (including phenoxy) is 1. The number of fused-ring (bicyclic) bond motifs is 1. The van der Waals surface area contributed by atoms with Crippen molar-refractivity contribution < 1.29 is 17.9 Å². The van der Waals surface area contributed by atoms with E-state index in [1.807, 2.05) is 30.0 Å². The molecule has 2 saturated heterocycles. The van der Waals surface area contributed by atoms with E-state index >= 15 is 0 Å². The molecular weight excluding hydrogens is 480 g/mol. The van der Waals surface area contributed by atoms with Crippen molar-refractivity contribution in [2.24, 2.45) is 0 Å². The summed E-state index contributed by atoms with van der Waals surface area (Å²) in [5, 5.41) is 2.67. The van der Waals surface area contributed by atoms with Crippen molar-refractivity contribution in [1.82, 2.24) is 14.2 Å². The number of carbonyl (C=O) groups excluding carboxylic acids is 1. The van der Waals surface area contributed by atoms with E-state index in [-0.39, 0.29) is 5.91 Å². The van der Waals surface area contributed by atoms with Crippen LogP contribution in [0.3, 0.4) is 0 Å². The molecule has 0 bridgehead atoms. The number of thiazole rings is 1. The van der Waals surface area contributed by atoms with Crippen LogP contribution in [0.1, 0.15) is 19.8 Å². The lowest BCUT2D eigenvalue weighted by Gasteiger charge is -2.37. The lowest BCUT2D eigenvalue weighted by atomic mass is 10.2. The fourth-order valence-electron chi connectivity index (χ4n) is 4.45. The van der Waals surface area contributed by atoms with Crippen LogP contribution in [0.25, 0.3) is 10.2 Å². The van der Waals surface area contributed by atoms with Crippen molar-refractivity contribution in [3.8, 4) is 5.75 Å². The minimum Gasteiger partial charge on any atom is -0.492 e. The van der Waals surface area contributed by atoms with Crippen LogP contribution in [0, 0.1) is 0 Å². The molecule has 176 valence electrons. The van der Waals surface area contributed by atoms with E-state index in [1.165, 1.54) is 15.6 Å². The van der Waals surface area contributed by atoms with Crippen LogP contribution in [0.15, 0.2) is 39.9 Å². The molecule has 1 aromatic carbocycles. The number of carbonyl (C=O) groups is 1. The molecular formula is C22H26N4O4S3. The second kappa shape index (κ2) is 9.21. The van der Waals surface area contributed by atoms with E-state index in [1.54, 1.807) is 28.8 Å². The number of benzene rings is 1. The zero-order valence-electron chi connectivity index (χ0n) is 18.3. The molecule has 1 amide bonds. The smallest absolute Gasteiger partial charge is 0.253 e. The van der Waals surface area contributed by atoms with E-state index in [2.05, 4.69) is 4.90 Å². The SMILES string of the molecule is CCOc1cccc2sc(N3CCN(C(=O)C4CCCN4S(=O)(=O)c4cccs4)CC3)nc12. The first kappa shape index (κ1) is 22.6. The number of aromatic nitrogens is 1. The number of piperazine rings is 1. The molecule has 4 heterocycles. The first-order valence-electron chi connectivity index (χ1n) is 11.1. The zero-order valence-corrected chi connectivity index (χ0v) is 20.8. The van der Waals surface area contributed by atoms with Gasteiger partial charge in [0, 0.05) is 32.7 Å². The molecule has 2 aromatic heterocycles. The Morgan fingerprint density at radius 2 is 1.97 bits per heavy atom. The van der Waals surface area contributed by atoms with Crippen molar-refractivity contribution in [3.63, 3.8) is 0 Å². The molecule has 1 unspecified atom stereocenters. The largest absolute Gasteiger partial charge is 0.492 e. The van der Waals surface area contributed by atoms with Gasteiger partial charge in [0.1, 0.15) is 21.5 Å². The maximum Gasteiger partial charge on any atom is 0.253 e. The monoisotopic (exact) mass is 506 g/mol. The van der Waals surface area contributed by atoms with E-state index < -0.39 is 16.1 Å². The van der Waals surface area contributed by atoms with Gasteiger partial charge in [0.25, 0.3) is 10.0 Å². The van der Waals surface area contributed by atoms with Crippen LogP contribution in [-0.4, -0.2) is 73.9 Å². The van der Waals surface area contributed by atoms with Crippen LogP contribution >= 0.6 is 22.7 Å². The molecule has 5 rings (SSSR count). The topological polar surface area (TPSA) is 83.0 Å². The average molecular weight is 507 g/mol. The van der Waals surface area contributed by atoms with Crippen molar-refractivity contribution in [2.75, 3.05) is 44.2 Å². The van der Waals surface area contributed by atoms with Crippen LogP contribution < -0.4 is 9.64 Å². The summed E-state index contributed by atoms with van der Waals surface area (Å²) in [7, 11) is -3.63. The van der Waals surface area contributed by atoms with Crippen molar-refractivity contribution in [3.05, 3.63) is 35.7 Å². The van der Waals surface area contributed by atoms with Crippen LogP contribution in [-0.2, 0) is 14.8 Å². The summed E-state index contributed by atoms with van der Waals surface area (Å²) in [6, 6.07) is 8.67. The molecule has 0 aliphatic carbocycles. The highest BCUT2D eigenvalue weighted by Gasteiger charge is 2.42. The van der Waals surface area contributed by atoms with E-state index in [0.717, 1.165) is 21.1 Å². The maximum absolute atomic E-state index is 13.3. The average Bonchev–Trinajstić information content (AvgIpc) is 3.60. The minimum absolute atomic E-state index is 0.0878. The van der Waals surface area contributed by atoms with Crippen molar-refractivity contribution >= 4 is 54.0 Å². The number of amides is 1. The van der Waals surface area contributed by atoms with Gasteiger partial charge in [0.05, 0.1) is 11.3 Å². The molecule has 0 saturated carbocycles. The second-order valence-corrected chi connectivity index (χ2v) is 12.1. The molecule has 33 heavy (non-hydrogen) atoms. The van der Waals surface area contributed by atoms with Gasteiger partial charge in [-0.25, -0.2) is 13.4 Å². The van der Waals surface area contributed by atoms with Crippen molar-refractivity contribution in [2.45, 2.75) is 30.0 Å². The first-order chi connectivity index (χ1) is 16.0. The Labute approximate surface area is 201 Å². The predicted molar refractivity (Wildman–Crippen MR) is 131 cm³/mol. The molecule has 2 aliphatic rings. The predicted octanol–water partition coefficient (Wildman–Crippen LogP) is 3.26. The summed E-state index contributed by atoms with van der Waals surface area (Å²) in [6.45, 7) is 5.38. The van der Waals surface area contributed by atoms with E-state index in [0.29, 0.717) is 56.4 Å². The maximum atomic E-state index is 13.3. The molecule has 2 aliphatic heterocycles. The Hall–Kier alpha value is -2.21. The summed E-state index contributed by atoms with van der Waals surface area (Å²) in [4.78, 5) is 22.1. The number of rotatable bonds is 6. The lowest BCUT2D eigenvalue weighted by Crippen LogP contribution is -2.54. The lowest BCUT2D eigenvalue weighted by molar-refractivity contribution is -0.134. The van der Waals surface area contributed by atoms with Gasteiger partial charge >= 0.3 is 0 Å². The van der Waals surface area contributed by atoms with Gasteiger partial charge in [-0.2, -0.15) is 4.31 Å². The molecule has 2 fully saturated rings. The summed E-state index contributed by atoms with van der Waals surface area (Å²) >= 11 is 2.82. The van der Waals surface area contributed by atoms with Gasteiger partial charge < -0.3 is 14.5 Å². The third-order valence-electron chi connectivity index (χ3n) is 6.08. The number of para-hydroxylation sites is 1. The Morgan fingerprint density at radius 3 is 2.70 bits per heavy atom. The number of sulfonamides is 1. The Morgan fingerprint density at radius 1 is 1.15 bits per heavy atom. The van der Waals surface area contributed by atoms with Gasteiger partial charge in [0.2, 0.25) is 5.91 Å². The molecule has 3 aromatic rings. The van der Waals surface area contributed by atoms with E-state index in [4.69, 9.17) is 9.72 Å². The Balaban J connectivity index is 1.27. The van der Waals surface area contributed by atoms with Crippen LogP contribution in [0.4, 0.5) is 5.13 Å². The fourth-order valence-corrected chi connectivity index (χ4v) is 8.25. The molecule has 1 atom stereocenters. The fraction of sp³-hybridized carbons (Fsp3) is 0.455. The third-order valence-corrected chi connectivity index (χ3v) is 10.4. The first-order valence-corrected chi connectivity index (χ1v) is 14.2. The highest BCUT2D eigenvalue weighted by atomic mass is 32.2. The highest BCUT2D eigenvalue weighted by molar-refractivity contribution is 7.91. The molecule has 0 N–H and O–H groups in total. The van der Waals surface area contributed by atoms with Crippen molar-refractivity contribution in [1.29, 1.82) is 0 Å². The standard InChI is InChI=1S/C22H26N4O4S3/c1-2-30-17-7-3-8-18-20(17)23-22(32-18)25-13-11-24(12-14-25)21(27)16-6-4-10-26(16)33(28,29)19-9-5-15-31-19/h3,5,7-9,15-16H,2,4,6,10-14H2,1H3. The van der Waals surface area contributed by atoms with Crippen LogP contribution in [0.2, 0.25) is 0 Å². The summed E-state index contributed by atoms with van der Waals surface area (Å²) in [6.07, 6.45) is 1.27. The minimum atomic E-state index is -3.63. The molecule has 11 heteroatoms. The quantitative estimate of drug-likeness (QED) is 0.510. The summed E-state index contributed by atoms with van der Waals surface area (Å²) in [5.41, 5.74) is 0.873. The number of nitrogens with zero attached hydrogens (tertiary/aromatic N) is 4. The Bertz CT molecular complexity index is 1230. The number of thiophene rings is 1. The summed E-state index contributed by atoms with van der Waals surface area (Å²) in [5.74, 6) is 0.704. The number of hydrogen-bond acceptors (Lipinski definition) is 8. The molecule has 0 spiro atoms.